The number of aryl methyl sites for hydroxylation is 1. The van der Waals surface area contributed by atoms with Crippen LogP contribution in [0.4, 0.5) is 5.69 Å². The summed E-state index contributed by atoms with van der Waals surface area (Å²) in [5, 5.41) is 9.24. The zero-order chi connectivity index (χ0) is 21.8. The third-order valence-electron chi connectivity index (χ3n) is 4.51. The van der Waals surface area contributed by atoms with Crippen LogP contribution >= 0.6 is 22.9 Å². The second kappa shape index (κ2) is 9.16. The van der Waals surface area contributed by atoms with E-state index in [1.54, 1.807) is 41.9 Å². The molecule has 0 saturated heterocycles. The van der Waals surface area contributed by atoms with Crippen LogP contribution in [0.3, 0.4) is 0 Å². The van der Waals surface area contributed by atoms with Crippen LogP contribution in [0.5, 0.6) is 5.75 Å². The van der Waals surface area contributed by atoms with E-state index < -0.39 is 5.97 Å². The highest BCUT2D eigenvalue weighted by molar-refractivity contribution is 7.12. The van der Waals surface area contributed by atoms with Gasteiger partial charge in [0.1, 0.15) is 16.5 Å². The van der Waals surface area contributed by atoms with Crippen LogP contribution < -0.4 is 10.1 Å². The maximum atomic E-state index is 12.7. The second-order valence-electron chi connectivity index (χ2n) is 6.74. The van der Waals surface area contributed by atoms with Crippen LogP contribution in [-0.2, 0) is 6.54 Å². The lowest BCUT2D eigenvalue weighted by molar-refractivity contribution is 0.0734. The summed E-state index contributed by atoms with van der Waals surface area (Å²) in [5.41, 5.74) is 2.34. The molecule has 0 bridgehead atoms. The minimum absolute atomic E-state index is 0.187. The molecule has 2 aromatic carbocycles. The number of nitrogens with one attached hydrogen (secondary N) is 1. The third-order valence-corrected chi connectivity index (χ3v) is 5.77. The third kappa shape index (κ3) is 4.84. The largest absolute Gasteiger partial charge is 0.423 e. The Hall–Kier alpha value is -3.42. The number of halogens is 1. The number of aromatic nitrogens is 2. The summed E-state index contributed by atoms with van der Waals surface area (Å²) in [5.74, 6) is -0.435. The minimum atomic E-state index is -0.586. The number of hydrogen-bond acceptors (Lipinski definition) is 5. The van der Waals surface area contributed by atoms with E-state index in [0.29, 0.717) is 28.6 Å². The summed E-state index contributed by atoms with van der Waals surface area (Å²) in [7, 11) is 0. The predicted molar refractivity (Wildman–Crippen MR) is 121 cm³/mol. The Balaban J connectivity index is 1.44. The first kappa shape index (κ1) is 20.8. The van der Waals surface area contributed by atoms with Crippen molar-refractivity contribution in [1.29, 1.82) is 0 Å². The lowest BCUT2D eigenvalue weighted by Gasteiger charge is -2.07. The summed E-state index contributed by atoms with van der Waals surface area (Å²) >= 11 is 7.79. The molecule has 31 heavy (non-hydrogen) atoms. The van der Waals surface area contributed by atoms with Crippen molar-refractivity contribution in [2.45, 2.75) is 13.5 Å². The molecule has 2 aromatic heterocycles. The van der Waals surface area contributed by atoms with Crippen molar-refractivity contribution in [1.82, 2.24) is 9.78 Å². The Morgan fingerprint density at radius 2 is 1.81 bits per heavy atom. The number of anilines is 1. The first-order chi connectivity index (χ1) is 15.0. The van der Waals surface area contributed by atoms with Gasteiger partial charge in [-0.15, -0.1) is 11.3 Å². The molecule has 0 saturated carbocycles. The molecule has 8 heteroatoms. The van der Waals surface area contributed by atoms with Crippen LogP contribution in [0, 0.1) is 6.92 Å². The minimum Gasteiger partial charge on any atom is -0.423 e. The normalized spacial score (nSPS) is 10.6. The number of thiophene rings is 1. The maximum absolute atomic E-state index is 12.7. The van der Waals surface area contributed by atoms with E-state index in [2.05, 4.69) is 10.4 Å². The zero-order valence-corrected chi connectivity index (χ0v) is 18.1. The van der Waals surface area contributed by atoms with E-state index in [0.717, 1.165) is 5.56 Å². The monoisotopic (exact) mass is 451 g/mol. The smallest absolute Gasteiger partial charge is 0.348 e. The van der Waals surface area contributed by atoms with Gasteiger partial charge in [0.2, 0.25) is 0 Å². The van der Waals surface area contributed by atoms with Crippen molar-refractivity contribution in [2.75, 3.05) is 5.32 Å². The van der Waals surface area contributed by atoms with Crippen LogP contribution in [0.25, 0.3) is 0 Å². The fourth-order valence-electron chi connectivity index (χ4n) is 3.01. The molecule has 0 unspecified atom stereocenters. The Kier molecular flexibility index (Phi) is 6.16. The lowest BCUT2D eigenvalue weighted by atomic mass is 10.2. The van der Waals surface area contributed by atoms with Crippen LogP contribution in [-0.4, -0.2) is 21.7 Å². The van der Waals surface area contributed by atoms with Crippen molar-refractivity contribution in [3.05, 3.63) is 99.0 Å². The average molecular weight is 452 g/mol. The zero-order valence-electron chi connectivity index (χ0n) is 16.5. The van der Waals surface area contributed by atoms with Gasteiger partial charge in [-0.3, -0.25) is 4.79 Å². The SMILES string of the molecule is Cc1nn(Cc2ccccc2)c(Cl)c1C(=O)Oc1ccc(NC(=O)c2cccs2)cc1. The van der Waals surface area contributed by atoms with E-state index in [-0.39, 0.29) is 16.6 Å². The summed E-state index contributed by atoms with van der Waals surface area (Å²) in [6.45, 7) is 2.17. The summed E-state index contributed by atoms with van der Waals surface area (Å²) in [6.07, 6.45) is 0. The molecule has 0 aliphatic heterocycles. The van der Waals surface area contributed by atoms with Crippen LogP contribution in [0.15, 0.2) is 72.1 Å². The molecule has 0 atom stereocenters. The molecule has 4 aromatic rings. The van der Waals surface area contributed by atoms with E-state index in [9.17, 15) is 9.59 Å². The van der Waals surface area contributed by atoms with Crippen molar-refractivity contribution < 1.29 is 14.3 Å². The number of rotatable bonds is 6. The van der Waals surface area contributed by atoms with E-state index in [1.807, 2.05) is 41.8 Å². The number of hydrogen-bond donors (Lipinski definition) is 1. The van der Waals surface area contributed by atoms with Gasteiger partial charge in [0, 0.05) is 5.69 Å². The second-order valence-corrected chi connectivity index (χ2v) is 8.05. The Bertz CT molecular complexity index is 1200. The molecule has 6 nitrogen and oxygen atoms in total. The highest BCUT2D eigenvalue weighted by Crippen LogP contribution is 2.24. The molecule has 2 heterocycles. The van der Waals surface area contributed by atoms with Crippen molar-refractivity contribution in [3.63, 3.8) is 0 Å². The fraction of sp³-hybridized carbons (Fsp3) is 0.0870. The number of amides is 1. The van der Waals surface area contributed by atoms with Crippen LogP contribution in [0.1, 0.15) is 31.3 Å². The number of carbonyl (C=O) groups is 2. The number of ether oxygens (including phenoxy) is 1. The van der Waals surface area contributed by atoms with Gasteiger partial charge in [-0.2, -0.15) is 5.10 Å². The average Bonchev–Trinajstić information content (AvgIpc) is 3.39. The molecule has 0 aliphatic rings. The first-order valence-corrected chi connectivity index (χ1v) is 10.7. The van der Waals surface area contributed by atoms with E-state index in [1.165, 1.54) is 11.3 Å². The standard InChI is InChI=1S/C23H18ClN3O3S/c1-15-20(21(24)27(26-15)14-16-6-3-2-4-7-16)23(29)30-18-11-9-17(10-12-18)25-22(28)19-8-5-13-31-19/h2-13H,14H2,1H3,(H,25,28). The molecule has 0 fully saturated rings. The van der Waals surface area contributed by atoms with Gasteiger partial charge in [0.05, 0.1) is 17.1 Å². The maximum Gasteiger partial charge on any atom is 0.348 e. The number of nitrogens with zero attached hydrogens (tertiary/aromatic N) is 2. The van der Waals surface area contributed by atoms with Crippen molar-refractivity contribution in [3.8, 4) is 5.75 Å². The molecule has 0 aliphatic carbocycles. The molecular formula is C23H18ClN3O3S. The topological polar surface area (TPSA) is 73.2 Å². The first-order valence-electron chi connectivity index (χ1n) is 9.45. The van der Waals surface area contributed by atoms with Gasteiger partial charge >= 0.3 is 5.97 Å². The molecule has 1 N–H and O–H groups in total. The molecule has 1 amide bonds. The van der Waals surface area contributed by atoms with Crippen molar-refractivity contribution >= 4 is 40.5 Å². The van der Waals surface area contributed by atoms with Gasteiger partial charge in [0.25, 0.3) is 5.91 Å². The lowest BCUT2D eigenvalue weighted by Crippen LogP contribution is -2.11. The Morgan fingerprint density at radius 3 is 2.48 bits per heavy atom. The Labute approximate surface area is 188 Å². The number of carbonyl (C=O) groups excluding carboxylic acids is 2. The summed E-state index contributed by atoms with van der Waals surface area (Å²) in [4.78, 5) is 25.5. The number of esters is 1. The highest BCUT2D eigenvalue weighted by atomic mass is 35.5. The molecule has 156 valence electrons. The number of benzene rings is 2. The van der Waals surface area contributed by atoms with Gasteiger partial charge in [0.15, 0.2) is 0 Å². The van der Waals surface area contributed by atoms with Gasteiger partial charge in [-0.05, 0) is 48.2 Å². The highest BCUT2D eigenvalue weighted by Gasteiger charge is 2.22. The predicted octanol–water partition coefficient (Wildman–Crippen LogP) is 5.43. The fourth-order valence-corrected chi connectivity index (χ4v) is 3.94. The molecule has 4 rings (SSSR count). The molecular weight excluding hydrogens is 434 g/mol. The summed E-state index contributed by atoms with van der Waals surface area (Å²) < 4.78 is 7.05. The quantitative estimate of drug-likeness (QED) is 0.313. The van der Waals surface area contributed by atoms with Crippen molar-refractivity contribution in [2.24, 2.45) is 0 Å². The van der Waals surface area contributed by atoms with Gasteiger partial charge < -0.3 is 10.1 Å². The van der Waals surface area contributed by atoms with E-state index in [4.69, 9.17) is 16.3 Å². The summed E-state index contributed by atoms with van der Waals surface area (Å²) in [6, 6.07) is 19.8. The van der Waals surface area contributed by atoms with Gasteiger partial charge in [-0.1, -0.05) is 48.0 Å². The van der Waals surface area contributed by atoms with E-state index >= 15 is 0 Å². The van der Waals surface area contributed by atoms with Crippen LogP contribution in [0.2, 0.25) is 5.15 Å². The van der Waals surface area contributed by atoms with Gasteiger partial charge in [-0.25, -0.2) is 9.48 Å². The molecule has 0 radical (unpaired) electrons. The molecule has 0 spiro atoms. The Morgan fingerprint density at radius 1 is 1.06 bits per heavy atom.